The van der Waals surface area contributed by atoms with Crippen molar-refractivity contribution in [3.63, 3.8) is 0 Å². The summed E-state index contributed by atoms with van der Waals surface area (Å²) >= 11 is 0. The Labute approximate surface area is 116 Å². The van der Waals surface area contributed by atoms with E-state index in [1.165, 1.54) is 15.9 Å². The highest BCUT2D eigenvalue weighted by molar-refractivity contribution is 5.54. The van der Waals surface area contributed by atoms with Gasteiger partial charge in [-0.15, -0.1) is 14.8 Å². The Balaban J connectivity index is 1.79. The van der Waals surface area contributed by atoms with E-state index >= 15 is 0 Å². The largest absolute Gasteiger partial charge is 0.377 e. The van der Waals surface area contributed by atoms with Gasteiger partial charge in [-0.1, -0.05) is 18.2 Å². The summed E-state index contributed by atoms with van der Waals surface area (Å²) in [5, 5.41) is 18.7. The monoisotopic (exact) mass is 269 g/mol. The molecule has 7 nitrogen and oxygen atoms in total. The van der Waals surface area contributed by atoms with Gasteiger partial charge in [0.2, 0.25) is 0 Å². The lowest BCUT2D eigenvalue weighted by molar-refractivity contribution is 0.734. The molecular weight excluding hydrogens is 254 g/mol. The molecule has 0 bridgehead atoms. The van der Waals surface area contributed by atoms with E-state index < -0.39 is 0 Å². The molecule has 1 aromatic carbocycles. The van der Waals surface area contributed by atoms with Crippen LogP contribution in [0.15, 0.2) is 36.4 Å². The van der Waals surface area contributed by atoms with Crippen LogP contribution >= 0.6 is 0 Å². The van der Waals surface area contributed by atoms with E-state index in [-0.39, 0.29) is 0 Å². The minimum absolute atomic E-state index is 0.629. The smallest absolute Gasteiger partial charge is 0.200 e. The quantitative estimate of drug-likeness (QED) is 0.767. The van der Waals surface area contributed by atoms with Crippen molar-refractivity contribution in [2.24, 2.45) is 0 Å². The first kappa shape index (κ1) is 12.3. The molecular formula is C13H15N7. The second kappa shape index (κ2) is 5.12. The molecule has 2 aromatic heterocycles. The zero-order valence-corrected chi connectivity index (χ0v) is 11.4. The van der Waals surface area contributed by atoms with Crippen molar-refractivity contribution in [1.82, 2.24) is 25.3 Å². The number of anilines is 2. The molecule has 7 heteroatoms. The number of hydrogen-bond acceptors (Lipinski definition) is 6. The van der Waals surface area contributed by atoms with Crippen molar-refractivity contribution in [2.75, 3.05) is 24.3 Å². The summed E-state index contributed by atoms with van der Waals surface area (Å²) in [6.45, 7) is 0.689. The highest BCUT2D eigenvalue weighted by Gasteiger charge is 2.05. The summed E-state index contributed by atoms with van der Waals surface area (Å²) in [4.78, 5) is 2.09. The molecule has 0 unspecified atom stereocenters. The molecule has 3 aromatic rings. The number of nitrogens with one attached hydrogen (secondary N) is 1. The lowest BCUT2D eigenvalue weighted by Gasteiger charge is -2.17. The average molecular weight is 269 g/mol. The van der Waals surface area contributed by atoms with Gasteiger partial charge in [0.05, 0.1) is 0 Å². The maximum absolute atomic E-state index is 4.28. The van der Waals surface area contributed by atoms with Crippen LogP contribution in [0.1, 0.15) is 5.56 Å². The lowest BCUT2D eigenvalue weighted by atomic mass is 10.1. The fourth-order valence-corrected chi connectivity index (χ4v) is 2.03. The van der Waals surface area contributed by atoms with Gasteiger partial charge in [0.1, 0.15) is 5.82 Å². The number of para-hydroxylation sites is 1. The van der Waals surface area contributed by atoms with Gasteiger partial charge >= 0.3 is 0 Å². The Morgan fingerprint density at radius 1 is 1.15 bits per heavy atom. The minimum Gasteiger partial charge on any atom is -0.377 e. The van der Waals surface area contributed by atoms with Crippen LogP contribution in [0.2, 0.25) is 0 Å². The zero-order chi connectivity index (χ0) is 13.9. The van der Waals surface area contributed by atoms with E-state index in [2.05, 4.69) is 43.0 Å². The van der Waals surface area contributed by atoms with Crippen LogP contribution in [0.5, 0.6) is 0 Å². The average Bonchev–Trinajstić information content (AvgIpc) is 2.92. The van der Waals surface area contributed by atoms with E-state index in [0.717, 1.165) is 5.82 Å². The third kappa shape index (κ3) is 2.37. The van der Waals surface area contributed by atoms with E-state index in [1.54, 1.807) is 0 Å². The Morgan fingerprint density at radius 2 is 2.00 bits per heavy atom. The second-order valence-corrected chi connectivity index (χ2v) is 4.62. The third-order valence-corrected chi connectivity index (χ3v) is 3.00. The maximum Gasteiger partial charge on any atom is 0.200 e. The number of hydrogen-bond donors (Lipinski definition) is 1. The van der Waals surface area contributed by atoms with Crippen molar-refractivity contribution in [2.45, 2.75) is 6.54 Å². The predicted molar refractivity (Wildman–Crippen MR) is 76.7 cm³/mol. The van der Waals surface area contributed by atoms with Gasteiger partial charge in [0, 0.05) is 26.3 Å². The predicted octanol–water partition coefficient (Wildman–Crippen LogP) is 1.20. The summed E-state index contributed by atoms with van der Waals surface area (Å²) in [6, 6.07) is 11.9. The summed E-state index contributed by atoms with van der Waals surface area (Å²) in [7, 11) is 4.06. The number of aromatic nitrogens is 5. The van der Waals surface area contributed by atoms with Gasteiger partial charge in [-0.05, 0) is 34.2 Å². The molecule has 0 aliphatic rings. The molecule has 0 saturated heterocycles. The van der Waals surface area contributed by atoms with E-state index in [0.29, 0.717) is 12.2 Å². The highest BCUT2D eigenvalue weighted by atomic mass is 15.6. The molecule has 0 fully saturated rings. The Hall–Kier alpha value is -2.70. The molecule has 0 radical (unpaired) electrons. The van der Waals surface area contributed by atoms with Crippen LogP contribution < -0.4 is 10.2 Å². The Kier molecular flexibility index (Phi) is 3.16. The van der Waals surface area contributed by atoms with Crippen LogP contribution in [-0.4, -0.2) is 39.3 Å². The van der Waals surface area contributed by atoms with E-state index in [4.69, 9.17) is 0 Å². The van der Waals surface area contributed by atoms with Crippen molar-refractivity contribution in [1.29, 1.82) is 0 Å². The molecule has 0 aliphatic heterocycles. The zero-order valence-electron chi connectivity index (χ0n) is 11.4. The van der Waals surface area contributed by atoms with Gasteiger partial charge in [-0.3, -0.25) is 0 Å². The number of benzene rings is 1. The summed E-state index contributed by atoms with van der Waals surface area (Å²) < 4.78 is 1.40. The van der Waals surface area contributed by atoms with Crippen molar-refractivity contribution < 1.29 is 0 Å². The molecule has 20 heavy (non-hydrogen) atoms. The van der Waals surface area contributed by atoms with Gasteiger partial charge in [-0.25, -0.2) is 0 Å². The molecule has 0 amide bonds. The van der Waals surface area contributed by atoms with Crippen molar-refractivity contribution in [3.05, 3.63) is 42.0 Å². The third-order valence-electron chi connectivity index (χ3n) is 3.00. The van der Waals surface area contributed by atoms with Gasteiger partial charge < -0.3 is 10.2 Å². The fraction of sp³-hybridized carbons (Fsp3) is 0.231. The Morgan fingerprint density at radius 3 is 2.85 bits per heavy atom. The van der Waals surface area contributed by atoms with Crippen molar-refractivity contribution >= 4 is 17.2 Å². The van der Waals surface area contributed by atoms with Gasteiger partial charge in [-0.2, -0.15) is 0 Å². The Bertz CT molecular complexity index is 719. The molecule has 0 spiro atoms. The summed E-state index contributed by atoms with van der Waals surface area (Å²) in [6.07, 6.45) is 0. The van der Waals surface area contributed by atoms with Crippen molar-refractivity contribution in [3.8, 4) is 0 Å². The lowest BCUT2D eigenvalue weighted by Crippen LogP contribution is -2.13. The topological polar surface area (TPSA) is 71.2 Å². The number of tetrazole rings is 1. The first-order valence-corrected chi connectivity index (χ1v) is 6.28. The van der Waals surface area contributed by atoms with Crippen LogP contribution in [0.3, 0.4) is 0 Å². The fourth-order valence-electron chi connectivity index (χ4n) is 2.03. The molecule has 1 N–H and O–H groups in total. The van der Waals surface area contributed by atoms with Crippen LogP contribution in [0, 0.1) is 0 Å². The highest BCUT2D eigenvalue weighted by Crippen LogP contribution is 2.18. The molecule has 0 atom stereocenters. The standard InChI is InChI=1S/C13H15N7/c1-19(2)11-6-4-3-5-10(11)9-14-12-7-8-13-15-17-18-20(13)16-12/h3-8H,9H2,1-2H3,(H,14,16). The van der Waals surface area contributed by atoms with Crippen LogP contribution in [0.25, 0.3) is 5.65 Å². The maximum atomic E-state index is 4.28. The summed E-state index contributed by atoms with van der Waals surface area (Å²) in [5.74, 6) is 0.735. The SMILES string of the molecule is CN(C)c1ccccc1CNc1ccc2nnnn2n1. The van der Waals surface area contributed by atoms with E-state index in [9.17, 15) is 0 Å². The first-order valence-electron chi connectivity index (χ1n) is 6.28. The number of rotatable bonds is 4. The molecule has 0 saturated carbocycles. The first-order chi connectivity index (χ1) is 9.74. The summed E-state index contributed by atoms with van der Waals surface area (Å²) in [5.41, 5.74) is 3.02. The minimum atomic E-state index is 0.629. The van der Waals surface area contributed by atoms with Gasteiger partial charge in [0.15, 0.2) is 5.65 Å². The van der Waals surface area contributed by atoms with Crippen LogP contribution in [-0.2, 0) is 6.54 Å². The van der Waals surface area contributed by atoms with E-state index in [1.807, 2.05) is 38.4 Å². The normalized spacial score (nSPS) is 10.7. The number of nitrogens with zero attached hydrogens (tertiary/aromatic N) is 6. The number of fused-ring (bicyclic) bond motifs is 1. The van der Waals surface area contributed by atoms with Gasteiger partial charge in [0.25, 0.3) is 0 Å². The second-order valence-electron chi connectivity index (χ2n) is 4.62. The molecule has 2 heterocycles. The van der Waals surface area contributed by atoms with Crippen LogP contribution in [0.4, 0.5) is 11.5 Å². The molecule has 0 aliphatic carbocycles. The molecule has 102 valence electrons. The molecule has 3 rings (SSSR count).